The van der Waals surface area contributed by atoms with Crippen LogP contribution in [0.4, 0.5) is 13.2 Å². The zero-order valence-electron chi connectivity index (χ0n) is 20.1. The lowest BCUT2D eigenvalue weighted by molar-refractivity contribution is -0.139. The predicted molar refractivity (Wildman–Crippen MR) is 136 cm³/mol. The second-order valence-electron chi connectivity index (χ2n) is 9.25. The molecule has 0 radical (unpaired) electrons. The van der Waals surface area contributed by atoms with Crippen molar-refractivity contribution in [1.29, 1.82) is 0 Å². The minimum absolute atomic E-state index is 0.0349. The number of halogens is 5. The van der Waals surface area contributed by atoms with Gasteiger partial charge in [0.15, 0.2) is 0 Å². The molecule has 1 N–H and O–H groups in total. The van der Waals surface area contributed by atoms with E-state index in [2.05, 4.69) is 11.7 Å². The number of benzene rings is 2. The van der Waals surface area contributed by atoms with Crippen LogP contribution in [0.3, 0.4) is 0 Å². The van der Waals surface area contributed by atoms with Gasteiger partial charge in [-0.25, -0.2) is 0 Å². The highest BCUT2D eigenvalue weighted by Crippen LogP contribution is 2.37. The lowest BCUT2D eigenvalue weighted by atomic mass is 9.93. The van der Waals surface area contributed by atoms with E-state index in [1.807, 2.05) is 4.90 Å². The van der Waals surface area contributed by atoms with Crippen molar-refractivity contribution in [1.82, 2.24) is 14.7 Å². The van der Waals surface area contributed by atoms with Crippen LogP contribution < -0.4 is 0 Å². The van der Waals surface area contributed by atoms with E-state index in [1.54, 1.807) is 6.07 Å². The second kappa shape index (κ2) is 10.0. The molecule has 1 aliphatic rings. The van der Waals surface area contributed by atoms with E-state index >= 15 is 0 Å². The molecule has 11 heteroatoms. The molecule has 0 amide bonds. The van der Waals surface area contributed by atoms with Gasteiger partial charge in [-0.1, -0.05) is 29.8 Å². The average Bonchev–Trinajstić information content (AvgIpc) is 3.15. The summed E-state index contributed by atoms with van der Waals surface area (Å²) in [4.78, 5) is 26.6. The van der Waals surface area contributed by atoms with Crippen LogP contribution in [0.2, 0.25) is 10.0 Å². The maximum atomic E-state index is 13.6. The molecule has 0 bridgehead atoms. The number of alkyl halides is 3. The number of rotatable bonds is 5. The van der Waals surface area contributed by atoms with Gasteiger partial charge in [-0.05, 0) is 62.4 Å². The number of hydrogen-bond donors (Lipinski definition) is 1. The lowest BCUT2D eigenvalue weighted by Crippen LogP contribution is -2.33. The summed E-state index contributed by atoms with van der Waals surface area (Å²) in [5.41, 5.74) is 0.974. The number of carboxylic acids is 1. The fraction of sp³-hybridized carbons (Fsp3) is 0.346. The highest BCUT2D eigenvalue weighted by atomic mass is 35.5. The quantitative estimate of drug-likeness (QED) is 0.375. The van der Waals surface area contributed by atoms with E-state index in [4.69, 9.17) is 28.3 Å². The summed E-state index contributed by atoms with van der Waals surface area (Å²) >= 11 is 13.1. The van der Waals surface area contributed by atoms with E-state index in [0.29, 0.717) is 37.2 Å². The molecule has 196 valence electrons. The highest BCUT2D eigenvalue weighted by Gasteiger charge is 2.33. The molecule has 1 aliphatic heterocycles. The molecule has 0 unspecified atom stereocenters. The Morgan fingerprint density at radius 1 is 1.16 bits per heavy atom. The number of aryl methyl sites for hydroxylation is 2. The van der Waals surface area contributed by atoms with E-state index < -0.39 is 23.6 Å². The van der Waals surface area contributed by atoms with Crippen molar-refractivity contribution in [2.24, 2.45) is 5.92 Å². The Bertz CT molecular complexity index is 1420. The molecule has 37 heavy (non-hydrogen) atoms. The molecule has 1 aromatic heterocycles. The first-order chi connectivity index (χ1) is 17.3. The summed E-state index contributed by atoms with van der Waals surface area (Å²) in [6.07, 6.45) is -3.07. The van der Waals surface area contributed by atoms with Gasteiger partial charge in [-0.15, -0.1) is 0 Å². The van der Waals surface area contributed by atoms with Gasteiger partial charge in [-0.3, -0.25) is 9.59 Å². The number of likely N-dealkylation sites (tertiary alicyclic amines) is 1. The van der Waals surface area contributed by atoms with Crippen LogP contribution in [0.25, 0.3) is 16.6 Å². The topological polar surface area (TPSA) is 75.4 Å². The highest BCUT2D eigenvalue weighted by molar-refractivity contribution is 6.40. The van der Waals surface area contributed by atoms with Gasteiger partial charge in [0.2, 0.25) is 0 Å². The van der Waals surface area contributed by atoms with E-state index in [9.17, 15) is 22.8 Å². The Morgan fingerprint density at radius 3 is 2.41 bits per heavy atom. The van der Waals surface area contributed by atoms with Crippen LogP contribution in [-0.2, 0) is 11.0 Å². The zero-order chi connectivity index (χ0) is 27.2. The minimum atomic E-state index is -4.54. The molecule has 4 rings (SSSR count). The van der Waals surface area contributed by atoms with Gasteiger partial charge in [0.05, 0.1) is 32.4 Å². The largest absolute Gasteiger partial charge is 0.481 e. The third-order valence-corrected chi connectivity index (χ3v) is 7.51. The summed E-state index contributed by atoms with van der Waals surface area (Å²) in [6.45, 7) is 8.33. The lowest BCUT2D eigenvalue weighted by Gasteiger charge is -2.34. The number of aromatic nitrogens is 2. The van der Waals surface area contributed by atoms with Crippen LogP contribution >= 0.6 is 23.2 Å². The van der Waals surface area contributed by atoms with Crippen molar-refractivity contribution in [2.45, 2.75) is 39.3 Å². The van der Waals surface area contributed by atoms with E-state index in [-0.39, 0.29) is 50.1 Å². The molecule has 1 fully saturated rings. The van der Waals surface area contributed by atoms with Gasteiger partial charge in [0.1, 0.15) is 0 Å². The number of hydrogen-bond acceptors (Lipinski definition) is 4. The number of carbonyl (C=O) groups is 2. The van der Waals surface area contributed by atoms with Crippen LogP contribution in [0, 0.1) is 19.8 Å². The first kappa shape index (κ1) is 27.0. The number of fused-ring (bicyclic) bond motifs is 1. The standard InChI is InChI=1S/C26H24Cl2F3N3O3/c1-13-10-17(26(29,30)31)12-19-15(3)34(32-24(13)19)25(37)22-20(27)5-4-18(23(22)28)14(2)33-8-6-16(7-9-33)11-21(35)36/h4-5,10,12,16H,2,6-9,11H2,1,3H3,(H,35,36). The fourth-order valence-electron chi connectivity index (χ4n) is 4.74. The zero-order valence-corrected chi connectivity index (χ0v) is 21.6. The van der Waals surface area contributed by atoms with Crippen molar-refractivity contribution in [2.75, 3.05) is 13.1 Å². The van der Waals surface area contributed by atoms with Crippen molar-refractivity contribution < 1.29 is 27.9 Å². The SMILES string of the molecule is C=C(c1ccc(Cl)c(C(=O)n2nc3c(C)cc(C(F)(F)F)cc3c2C)c1Cl)N1CCC(CC(=O)O)CC1. The molecular formula is C26H24Cl2F3N3O3. The minimum Gasteiger partial charge on any atom is -0.481 e. The van der Waals surface area contributed by atoms with Crippen LogP contribution in [-0.4, -0.2) is 44.8 Å². The number of carboxylic acid groups (broad SMARTS) is 1. The first-order valence-electron chi connectivity index (χ1n) is 11.6. The van der Waals surface area contributed by atoms with Gasteiger partial charge < -0.3 is 10.0 Å². The summed E-state index contributed by atoms with van der Waals surface area (Å²) in [7, 11) is 0. The fourth-order valence-corrected chi connectivity index (χ4v) is 5.38. The van der Waals surface area contributed by atoms with Gasteiger partial charge in [0.25, 0.3) is 5.91 Å². The van der Waals surface area contributed by atoms with Crippen LogP contribution in [0.15, 0.2) is 30.8 Å². The second-order valence-corrected chi connectivity index (χ2v) is 10.0. The molecule has 0 aliphatic carbocycles. The number of carbonyl (C=O) groups excluding carboxylic acids is 1. The Hall–Kier alpha value is -3.04. The summed E-state index contributed by atoms with van der Waals surface area (Å²) in [5.74, 6) is -1.42. The van der Waals surface area contributed by atoms with E-state index in [0.717, 1.165) is 16.8 Å². The number of nitrogens with zero attached hydrogens (tertiary/aromatic N) is 3. The molecular weight excluding hydrogens is 530 g/mol. The molecule has 0 saturated carbocycles. The smallest absolute Gasteiger partial charge is 0.416 e. The Labute approximate surface area is 221 Å². The molecule has 1 saturated heterocycles. The normalized spacial score (nSPS) is 14.8. The summed E-state index contributed by atoms with van der Waals surface area (Å²) < 4.78 is 41.1. The number of aliphatic carboxylic acids is 1. The molecule has 3 aromatic rings. The van der Waals surface area contributed by atoms with Crippen LogP contribution in [0.5, 0.6) is 0 Å². The summed E-state index contributed by atoms with van der Waals surface area (Å²) in [5, 5.41) is 13.7. The first-order valence-corrected chi connectivity index (χ1v) is 12.3. The Kier molecular flexibility index (Phi) is 7.32. The number of piperidine rings is 1. The molecule has 6 nitrogen and oxygen atoms in total. The Morgan fingerprint density at radius 2 is 1.81 bits per heavy atom. The maximum absolute atomic E-state index is 13.6. The maximum Gasteiger partial charge on any atom is 0.416 e. The third-order valence-electron chi connectivity index (χ3n) is 6.80. The van der Waals surface area contributed by atoms with Gasteiger partial charge >= 0.3 is 12.1 Å². The van der Waals surface area contributed by atoms with Gasteiger partial charge in [0, 0.05) is 36.2 Å². The van der Waals surface area contributed by atoms with Crippen molar-refractivity contribution in [3.8, 4) is 0 Å². The summed E-state index contributed by atoms with van der Waals surface area (Å²) in [6, 6.07) is 5.14. The third kappa shape index (κ3) is 5.20. The van der Waals surface area contributed by atoms with Crippen molar-refractivity contribution in [3.63, 3.8) is 0 Å². The average molecular weight is 554 g/mol. The molecule has 0 spiro atoms. The molecule has 2 heterocycles. The monoisotopic (exact) mass is 553 g/mol. The van der Waals surface area contributed by atoms with Crippen molar-refractivity contribution in [3.05, 3.63) is 68.8 Å². The molecule has 0 atom stereocenters. The van der Waals surface area contributed by atoms with Crippen molar-refractivity contribution >= 4 is 51.7 Å². The molecule has 2 aromatic carbocycles. The van der Waals surface area contributed by atoms with E-state index in [1.165, 1.54) is 19.9 Å². The Balaban J connectivity index is 1.68. The van der Waals surface area contributed by atoms with Crippen LogP contribution in [0.1, 0.15) is 52.0 Å². The predicted octanol–water partition coefficient (Wildman–Crippen LogP) is 6.82. The van der Waals surface area contributed by atoms with Gasteiger partial charge in [-0.2, -0.15) is 23.0 Å².